The first kappa shape index (κ1) is 20.3. The molecule has 3 amide bonds. The van der Waals surface area contributed by atoms with Gasteiger partial charge in [-0.25, -0.2) is 23.4 Å². The van der Waals surface area contributed by atoms with Crippen molar-refractivity contribution in [1.29, 1.82) is 0 Å². The fourth-order valence-corrected chi connectivity index (χ4v) is 3.63. The topological polar surface area (TPSA) is 60.9 Å². The van der Waals surface area contributed by atoms with Gasteiger partial charge in [-0.15, -0.1) is 0 Å². The van der Waals surface area contributed by atoms with Gasteiger partial charge in [-0.05, 0) is 36.4 Å². The Bertz CT molecular complexity index is 1180. The van der Waals surface area contributed by atoms with E-state index in [0.29, 0.717) is 9.80 Å². The fourth-order valence-electron chi connectivity index (χ4n) is 3.31. The van der Waals surface area contributed by atoms with Crippen molar-refractivity contribution in [3.63, 3.8) is 0 Å². The molecule has 1 aliphatic heterocycles. The number of amides is 3. The van der Waals surface area contributed by atoms with Gasteiger partial charge in [0.1, 0.15) is 11.6 Å². The van der Waals surface area contributed by atoms with Crippen molar-refractivity contribution in [2.24, 2.45) is 0 Å². The standard InChI is InChI=1S/C21H12Cl2F2N2O3/c22-13-6-8-17(15(24)10-13)26-19(28)21(30,12-4-2-1-3-5-12)27(20(26)29)18-9-7-14(23)11-16(18)25/h1-11,30H. The van der Waals surface area contributed by atoms with Gasteiger partial charge in [0.2, 0.25) is 0 Å². The molecular weight excluding hydrogens is 437 g/mol. The molecule has 30 heavy (non-hydrogen) atoms. The van der Waals surface area contributed by atoms with Gasteiger partial charge in [-0.1, -0.05) is 53.5 Å². The third-order valence-electron chi connectivity index (χ3n) is 4.69. The first-order valence-electron chi connectivity index (χ1n) is 8.62. The molecule has 0 radical (unpaired) electrons. The molecule has 0 spiro atoms. The SMILES string of the molecule is O=C1N(c2ccc(Cl)cc2F)C(=O)C(O)(c2ccccc2)N1c1ccc(Cl)cc1F. The summed E-state index contributed by atoms with van der Waals surface area (Å²) in [7, 11) is 0. The molecular formula is C21H12Cl2F2N2O3. The summed E-state index contributed by atoms with van der Waals surface area (Å²) in [6.07, 6.45) is 0. The normalized spacial score (nSPS) is 19.0. The van der Waals surface area contributed by atoms with Crippen LogP contribution in [0.3, 0.4) is 0 Å². The van der Waals surface area contributed by atoms with Crippen molar-refractivity contribution in [2.75, 3.05) is 9.80 Å². The summed E-state index contributed by atoms with van der Waals surface area (Å²) < 4.78 is 29.3. The lowest BCUT2D eigenvalue weighted by Crippen LogP contribution is -2.47. The van der Waals surface area contributed by atoms with Gasteiger partial charge >= 0.3 is 6.03 Å². The molecule has 3 aromatic rings. The third kappa shape index (κ3) is 3.02. The van der Waals surface area contributed by atoms with E-state index in [9.17, 15) is 23.5 Å². The van der Waals surface area contributed by atoms with Crippen molar-refractivity contribution < 1.29 is 23.5 Å². The van der Waals surface area contributed by atoms with Crippen molar-refractivity contribution in [3.05, 3.63) is 94.0 Å². The average molecular weight is 449 g/mol. The molecule has 3 aromatic carbocycles. The number of aliphatic hydroxyl groups is 1. The number of hydrogen-bond donors (Lipinski definition) is 1. The minimum absolute atomic E-state index is 0.00503. The number of halogens is 4. The number of imide groups is 1. The van der Waals surface area contributed by atoms with Crippen LogP contribution in [-0.4, -0.2) is 17.0 Å². The Morgan fingerprint density at radius 3 is 1.87 bits per heavy atom. The van der Waals surface area contributed by atoms with Crippen molar-refractivity contribution in [1.82, 2.24) is 0 Å². The molecule has 1 heterocycles. The highest BCUT2D eigenvalue weighted by Crippen LogP contribution is 2.43. The zero-order valence-electron chi connectivity index (χ0n) is 15.0. The monoisotopic (exact) mass is 448 g/mol. The van der Waals surface area contributed by atoms with Gasteiger partial charge < -0.3 is 5.11 Å². The molecule has 1 fully saturated rings. The summed E-state index contributed by atoms with van der Waals surface area (Å²) >= 11 is 11.5. The predicted octanol–water partition coefficient (Wildman–Crippen LogP) is 5.09. The maximum atomic E-state index is 14.7. The van der Waals surface area contributed by atoms with E-state index in [1.54, 1.807) is 6.07 Å². The van der Waals surface area contributed by atoms with Crippen molar-refractivity contribution in [3.8, 4) is 0 Å². The quantitative estimate of drug-likeness (QED) is 0.567. The van der Waals surface area contributed by atoms with Crippen LogP contribution in [0.5, 0.6) is 0 Å². The van der Waals surface area contributed by atoms with Crippen LogP contribution in [-0.2, 0) is 10.5 Å². The number of rotatable bonds is 3. The Kier molecular flexibility index (Phi) is 4.97. The Hall–Kier alpha value is -3.00. The molecule has 152 valence electrons. The number of hydrogen-bond acceptors (Lipinski definition) is 3. The summed E-state index contributed by atoms with van der Waals surface area (Å²) in [5, 5.41) is 11.6. The summed E-state index contributed by atoms with van der Waals surface area (Å²) in [5.41, 5.74) is -3.46. The molecule has 0 bridgehead atoms. The van der Waals surface area contributed by atoms with Gasteiger partial charge in [0, 0.05) is 15.6 Å². The van der Waals surface area contributed by atoms with Gasteiger partial charge in [-0.3, -0.25) is 4.79 Å². The predicted molar refractivity (Wildman–Crippen MR) is 109 cm³/mol. The number of nitrogens with zero attached hydrogens (tertiary/aromatic N) is 2. The van der Waals surface area contributed by atoms with Crippen LogP contribution in [0, 0.1) is 11.6 Å². The second kappa shape index (κ2) is 7.36. The maximum absolute atomic E-state index is 14.7. The highest BCUT2D eigenvalue weighted by molar-refractivity contribution is 6.32. The van der Waals surface area contributed by atoms with E-state index in [2.05, 4.69) is 0 Å². The Morgan fingerprint density at radius 2 is 1.33 bits per heavy atom. The Balaban J connectivity index is 1.96. The molecule has 0 aromatic heterocycles. The van der Waals surface area contributed by atoms with E-state index in [1.807, 2.05) is 0 Å². The van der Waals surface area contributed by atoms with Gasteiger partial charge in [-0.2, -0.15) is 0 Å². The van der Waals surface area contributed by atoms with E-state index in [1.165, 1.54) is 36.4 Å². The smallest absolute Gasteiger partial charge is 0.339 e. The number of urea groups is 1. The summed E-state index contributed by atoms with van der Waals surface area (Å²) in [4.78, 5) is 27.6. The van der Waals surface area contributed by atoms with Crippen LogP contribution in [0.25, 0.3) is 0 Å². The summed E-state index contributed by atoms with van der Waals surface area (Å²) in [5.74, 6) is -3.08. The van der Waals surface area contributed by atoms with Crippen LogP contribution < -0.4 is 9.80 Å². The molecule has 1 saturated heterocycles. The zero-order chi connectivity index (χ0) is 21.6. The molecule has 1 atom stereocenters. The van der Waals surface area contributed by atoms with Crippen LogP contribution in [0.4, 0.5) is 25.0 Å². The van der Waals surface area contributed by atoms with Crippen LogP contribution in [0.15, 0.2) is 66.7 Å². The van der Waals surface area contributed by atoms with Gasteiger partial charge in [0.25, 0.3) is 11.6 Å². The van der Waals surface area contributed by atoms with Crippen LogP contribution in [0.1, 0.15) is 5.56 Å². The third-order valence-corrected chi connectivity index (χ3v) is 5.16. The molecule has 1 N–H and O–H groups in total. The molecule has 1 aliphatic rings. The number of anilines is 2. The highest BCUT2D eigenvalue weighted by atomic mass is 35.5. The lowest BCUT2D eigenvalue weighted by Gasteiger charge is -2.30. The van der Waals surface area contributed by atoms with E-state index in [0.717, 1.165) is 24.3 Å². The van der Waals surface area contributed by atoms with E-state index >= 15 is 0 Å². The molecule has 4 rings (SSSR count). The number of carbonyl (C=O) groups excluding carboxylic acids is 2. The van der Waals surface area contributed by atoms with Crippen molar-refractivity contribution in [2.45, 2.75) is 5.72 Å². The van der Waals surface area contributed by atoms with Crippen LogP contribution in [0.2, 0.25) is 10.0 Å². The average Bonchev–Trinajstić information content (AvgIpc) is 2.90. The van der Waals surface area contributed by atoms with Gasteiger partial charge in [0.15, 0.2) is 0 Å². The second-order valence-corrected chi connectivity index (χ2v) is 7.36. The van der Waals surface area contributed by atoms with E-state index in [4.69, 9.17) is 23.2 Å². The highest BCUT2D eigenvalue weighted by Gasteiger charge is 2.60. The Morgan fingerprint density at radius 1 is 0.800 bits per heavy atom. The van der Waals surface area contributed by atoms with E-state index < -0.39 is 40.7 Å². The van der Waals surface area contributed by atoms with E-state index in [-0.39, 0.29) is 15.6 Å². The minimum atomic E-state index is -2.63. The second-order valence-electron chi connectivity index (χ2n) is 6.49. The molecule has 0 saturated carbocycles. The largest absolute Gasteiger partial charge is 0.359 e. The van der Waals surface area contributed by atoms with Crippen LogP contribution >= 0.6 is 23.2 Å². The summed E-state index contributed by atoms with van der Waals surface area (Å²) in [6, 6.07) is 13.1. The zero-order valence-corrected chi connectivity index (χ0v) is 16.5. The molecule has 5 nitrogen and oxygen atoms in total. The van der Waals surface area contributed by atoms with Gasteiger partial charge in [0.05, 0.1) is 11.4 Å². The maximum Gasteiger partial charge on any atom is 0.339 e. The fraction of sp³-hybridized carbons (Fsp3) is 0.0476. The number of carbonyl (C=O) groups is 2. The molecule has 1 unspecified atom stereocenters. The first-order chi connectivity index (χ1) is 14.2. The molecule has 0 aliphatic carbocycles. The first-order valence-corrected chi connectivity index (χ1v) is 9.37. The van der Waals surface area contributed by atoms with Crippen molar-refractivity contribution >= 4 is 46.5 Å². The Labute approximate surface area is 179 Å². The molecule has 9 heteroatoms. The lowest BCUT2D eigenvalue weighted by molar-refractivity contribution is -0.133. The summed E-state index contributed by atoms with van der Waals surface area (Å²) in [6.45, 7) is 0. The number of benzene rings is 3. The lowest BCUT2D eigenvalue weighted by atomic mass is 10.0. The minimum Gasteiger partial charge on any atom is -0.359 e.